The Hall–Kier alpha value is -2.58. The van der Waals surface area contributed by atoms with Crippen LogP contribution in [0.3, 0.4) is 0 Å². The summed E-state index contributed by atoms with van der Waals surface area (Å²) in [4.78, 5) is 38.0. The quantitative estimate of drug-likeness (QED) is 0.674. The van der Waals surface area contributed by atoms with Crippen molar-refractivity contribution in [2.24, 2.45) is 0 Å². The van der Waals surface area contributed by atoms with Crippen molar-refractivity contribution in [3.8, 4) is 10.4 Å². The number of urea groups is 1. The van der Waals surface area contributed by atoms with E-state index in [0.29, 0.717) is 13.1 Å². The van der Waals surface area contributed by atoms with E-state index < -0.39 is 0 Å². The summed E-state index contributed by atoms with van der Waals surface area (Å²) < 4.78 is 0. The maximum Gasteiger partial charge on any atom is 0.320 e. The van der Waals surface area contributed by atoms with Crippen molar-refractivity contribution in [2.45, 2.75) is 24.9 Å². The topological polar surface area (TPSA) is 50.3 Å². The molecule has 0 saturated carbocycles. The van der Waals surface area contributed by atoms with Gasteiger partial charge in [0.2, 0.25) is 0 Å². The number of likely N-dealkylation sites (tertiary alicyclic amines) is 2. The van der Waals surface area contributed by atoms with Crippen molar-refractivity contribution in [2.75, 3.05) is 66.3 Å². The Bertz CT molecular complexity index is 989. The Kier molecular flexibility index (Phi) is 6.95. The third kappa shape index (κ3) is 5.01. The fraction of sp³-hybridized carbons (Fsp3) is 0.520. The predicted molar refractivity (Wildman–Crippen MR) is 135 cm³/mol. The van der Waals surface area contributed by atoms with Gasteiger partial charge in [0.05, 0.1) is 10.9 Å². The zero-order valence-corrected chi connectivity index (χ0v) is 21.1. The zero-order chi connectivity index (χ0) is 23.7. The molecule has 0 unspecified atom stereocenters. The summed E-state index contributed by atoms with van der Waals surface area (Å²) in [5.41, 5.74) is 2.27. The molecule has 1 aromatic heterocycles. The number of thiophene rings is 1. The minimum absolute atomic E-state index is 0.0289. The van der Waals surface area contributed by atoms with E-state index in [1.807, 2.05) is 55.0 Å². The van der Waals surface area contributed by atoms with Gasteiger partial charge in [0.15, 0.2) is 0 Å². The Morgan fingerprint density at radius 2 is 1.55 bits per heavy atom. The fourth-order valence-electron chi connectivity index (χ4n) is 4.71. The highest BCUT2D eigenvalue weighted by Crippen LogP contribution is 2.31. The van der Waals surface area contributed by atoms with Crippen molar-refractivity contribution in [3.05, 3.63) is 41.3 Å². The van der Waals surface area contributed by atoms with Gasteiger partial charge in [-0.25, -0.2) is 4.79 Å². The first-order valence-electron chi connectivity index (χ1n) is 11.6. The van der Waals surface area contributed by atoms with Gasteiger partial charge in [-0.15, -0.1) is 11.3 Å². The van der Waals surface area contributed by atoms with E-state index >= 15 is 0 Å². The molecule has 2 saturated heterocycles. The molecule has 3 heterocycles. The van der Waals surface area contributed by atoms with Gasteiger partial charge in [-0.05, 0) is 56.3 Å². The number of anilines is 1. The van der Waals surface area contributed by atoms with Gasteiger partial charge in [0.25, 0.3) is 5.91 Å². The molecule has 0 bridgehead atoms. The number of amides is 3. The van der Waals surface area contributed by atoms with E-state index in [4.69, 9.17) is 0 Å². The van der Waals surface area contributed by atoms with E-state index in [-0.39, 0.29) is 24.0 Å². The monoisotopic (exact) mass is 469 g/mol. The number of carbonyl (C=O) groups excluding carboxylic acids is 2. The minimum Gasteiger partial charge on any atom is -0.378 e. The van der Waals surface area contributed by atoms with E-state index in [1.54, 1.807) is 0 Å². The van der Waals surface area contributed by atoms with Crippen LogP contribution in [0.4, 0.5) is 10.5 Å². The Balaban J connectivity index is 1.36. The SMILES string of the molecule is CN1CC[C@@H](N(C)C(=O)N2CC[C@H](N(C)C(=O)c3ccc(-c4ccc(N(C)C)cc4)s3)C2)C1. The molecule has 0 spiro atoms. The average molecular weight is 470 g/mol. The average Bonchev–Trinajstić information content (AvgIpc) is 3.58. The summed E-state index contributed by atoms with van der Waals surface area (Å²) in [6, 6.07) is 12.7. The molecule has 33 heavy (non-hydrogen) atoms. The highest BCUT2D eigenvalue weighted by Gasteiger charge is 2.35. The number of hydrogen-bond donors (Lipinski definition) is 0. The number of benzene rings is 1. The highest BCUT2D eigenvalue weighted by molar-refractivity contribution is 7.17. The van der Waals surface area contributed by atoms with Crippen molar-refractivity contribution in [3.63, 3.8) is 0 Å². The van der Waals surface area contributed by atoms with E-state index in [2.05, 4.69) is 41.1 Å². The van der Waals surface area contributed by atoms with E-state index in [9.17, 15) is 9.59 Å². The first-order valence-corrected chi connectivity index (χ1v) is 12.4. The van der Waals surface area contributed by atoms with Crippen molar-refractivity contribution in [1.29, 1.82) is 0 Å². The molecule has 7 nitrogen and oxygen atoms in total. The summed E-state index contributed by atoms with van der Waals surface area (Å²) in [7, 11) is 9.92. The van der Waals surface area contributed by atoms with Crippen LogP contribution < -0.4 is 4.90 Å². The van der Waals surface area contributed by atoms with Gasteiger partial charge in [-0.2, -0.15) is 0 Å². The van der Waals surface area contributed by atoms with Crippen LogP contribution in [0.1, 0.15) is 22.5 Å². The normalized spacial score (nSPS) is 20.8. The second kappa shape index (κ2) is 9.73. The van der Waals surface area contributed by atoms with E-state index in [0.717, 1.165) is 46.9 Å². The van der Waals surface area contributed by atoms with Crippen LogP contribution in [0.25, 0.3) is 10.4 Å². The molecule has 2 fully saturated rings. The summed E-state index contributed by atoms with van der Waals surface area (Å²) >= 11 is 1.53. The summed E-state index contributed by atoms with van der Waals surface area (Å²) in [6.45, 7) is 3.25. The lowest BCUT2D eigenvalue weighted by molar-refractivity contribution is 0.0739. The number of nitrogens with zero attached hydrogens (tertiary/aromatic N) is 5. The Morgan fingerprint density at radius 3 is 2.18 bits per heavy atom. The van der Waals surface area contributed by atoms with Gasteiger partial charge in [0.1, 0.15) is 0 Å². The van der Waals surface area contributed by atoms with Crippen LogP contribution in [0.2, 0.25) is 0 Å². The van der Waals surface area contributed by atoms with Crippen molar-refractivity contribution < 1.29 is 9.59 Å². The Morgan fingerprint density at radius 1 is 0.879 bits per heavy atom. The molecule has 8 heteroatoms. The number of rotatable bonds is 5. The summed E-state index contributed by atoms with van der Waals surface area (Å²) in [5.74, 6) is 0.0289. The molecule has 178 valence electrons. The van der Waals surface area contributed by atoms with Crippen LogP contribution >= 0.6 is 11.3 Å². The van der Waals surface area contributed by atoms with Crippen LogP contribution in [0, 0.1) is 0 Å². The van der Waals surface area contributed by atoms with Gasteiger partial charge >= 0.3 is 6.03 Å². The molecule has 2 aliphatic rings. The molecule has 0 radical (unpaired) electrons. The first kappa shape index (κ1) is 23.6. The molecule has 4 rings (SSSR count). The Labute approximate surface area is 201 Å². The second-order valence-corrected chi connectivity index (χ2v) is 10.6. The molecular weight excluding hydrogens is 434 g/mol. The minimum atomic E-state index is 0.0289. The lowest BCUT2D eigenvalue weighted by Crippen LogP contribution is -2.47. The molecule has 3 amide bonds. The maximum atomic E-state index is 13.2. The van der Waals surface area contributed by atoms with Crippen LogP contribution in [-0.2, 0) is 0 Å². The first-order chi connectivity index (χ1) is 15.7. The predicted octanol–water partition coefficient (Wildman–Crippen LogP) is 3.38. The molecule has 0 aliphatic carbocycles. The van der Waals surface area contributed by atoms with Gasteiger partial charge in [-0.3, -0.25) is 4.79 Å². The number of carbonyl (C=O) groups is 2. The largest absolute Gasteiger partial charge is 0.378 e. The molecular formula is C25H35N5O2S. The maximum absolute atomic E-state index is 13.2. The molecule has 1 aromatic carbocycles. The van der Waals surface area contributed by atoms with Gasteiger partial charge in [0, 0.05) is 64.4 Å². The molecule has 2 atom stereocenters. The van der Waals surface area contributed by atoms with Crippen LogP contribution in [0.5, 0.6) is 0 Å². The lowest BCUT2D eigenvalue weighted by Gasteiger charge is -2.30. The second-order valence-electron chi connectivity index (χ2n) is 9.51. The summed E-state index contributed by atoms with van der Waals surface area (Å²) in [6.07, 6.45) is 1.84. The summed E-state index contributed by atoms with van der Waals surface area (Å²) in [5, 5.41) is 0. The zero-order valence-electron chi connectivity index (χ0n) is 20.3. The number of hydrogen-bond acceptors (Lipinski definition) is 5. The smallest absolute Gasteiger partial charge is 0.320 e. The molecule has 0 N–H and O–H groups in total. The van der Waals surface area contributed by atoms with Gasteiger partial charge in [-0.1, -0.05) is 12.1 Å². The fourth-order valence-corrected chi connectivity index (χ4v) is 5.70. The van der Waals surface area contributed by atoms with Crippen LogP contribution in [-0.4, -0.2) is 105 Å². The van der Waals surface area contributed by atoms with Crippen molar-refractivity contribution in [1.82, 2.24) is 19.6 Å². The highest BCUT2D eigenvalue weighted by atomic mass is 32.1. The lowest BCUT2D eigenvalue weighted by atomic mass is 10.1. The van der Waals surface area contributed by atoms with Crippen LogP contribution in [0.15, 0.2) is 36.4 Å². The third-order valence-electron chi connectivity index (χ3n) is 7.00. The number of likely N-dealkylation sites (N-methyl/N-ethyl adjacent to an activating group) is 3. The van der Waals surface area contributed by atoms with E-state index in [1.165, 1.54) is 11.3 Å². The molecule has 2 aromatic rings. The third-order valence-corrected chi connectivity index (χ3v) is 8.13. The van der Waals surface area contributed by atoms with Crippen molar-refractivity contribution >= 4 is 29.0 Å². The standard InChI is InChI=1S/C25H35N5O2S/c1-26(2)19-8-6-18(7-9-19)22-10-11-23(33-22)24(31)28(4)21-13-15-30(17-21)25(32)29(5)20-12-14-27(3)16-20/h6-11,20-21H,12-17H2,1-5H3/t20-,21+/m1/s1. The molecule has 2 aliphatic heterocycles. The van der Waals surface area contributed by atoms with Gasteiger partial charge < -0.3 is 24.5 Å².